The van der Waals surface area contributed by atoms with E-state index in [4.69, 9.17) is 11.6 Å². The van der Waals surface area contributed by atoms with E-state index in [-0.39, 0.29) is 11.5 Å². The van der Waals surface area contributed by atoms with Gasteiger partial charge in [0.1, 0.15) is 5.60 Å². The number of hydrogen-bond donors (Lipinski definition) is 1. The standard InChI is InChI=1S/C20H18ClNO2/c1-14-19(23)22(18-6-4-3-5-7-18)13-16(20(14,2)24)12-15-8-10-17(21)11-9-15/h3-12,24H,1,13H2,2H3/b16-12+. The second-order valence-corrected chi connectivity index (χ2v) is 6.44. The van der Waals surface area contributed by atoms with E-state index in [9.17, 15) is 9.90 Å². The van der Waals surface area contributed by atoms with E-state index in [1.54, 1.807) is 24.0 Å². The lowest BCUT2D eigenvalue weighted by atomic mass is 9.82. The van der Waals surface area contributed by atoms with Gasteiger partial charge in [-0.15, -0.1) is 0 Å². The number of carbonyl (C=O) groups is 1. The van der Waals surface area contributed by atoms with Gasteiger partial charge in [0.25, 0.3) is 5.91 Å². The van der Waals surface area contributed by atoms with Crippen molar-refractivity contribution >= 4 is 29.3 Å². The monoisotopic (exact) mass is 339 g/mol. The van der Waals surface area contributed by atoms with Gasteiger partial charge in [-0.1, -0.05) is 54.6 Å². The van der Waals surface area contributed by atoms with Gasteiger partial charge in [0.2, 0.25) is 0 Å². The van der Waals surface area contributed by atoms with Crippen molar-refractivity contribution in [1.82, 2.24) is 0 Å². The second-order valence-electron chi connectivity index (χ2n) is 6.00. The first-order chi connectivity index (χ1) is 11.4. The third-order valence-corrected chi connectivity index (χ3v) is 4.58. The van der Waals surface area contributed by atoms with Crippen LogP contribution in [0.4, 0.5) is 5.69 Å². The lowest BCUT2D eigenvalue weighted by Gasteiger charge is -2.39. The highest BCUT2D eigenvalue weighted by Gasteiger charge is 2.41. The summed E-state index contributed by atoms with van der Waals surface area (Å²) in [7, 11) is 0. The Labute approximate surface area is 146 Å². The molecule has 3 rings (SSSR count). The fraction of sp³-hybridized carbons (Fsp3) is 0.150. The highest BCUT2D eigenvalue weighted by molar-refractivity contribution is 6.30. The Kier molecular flexibility index (Phi) is 4.31. The average Bonchev–Trinajstić information content (AvgIpc) is 2.58. The smallest absolute Gasteiger partial charge is 0.257 e. The van der Waals surface area contributed by atoms with Crippen LogP contribution < -0.4 is 4.90 Å². The van der Waals surface area contributed by atoms with E-state index >= 15 is 0 Å². The summed E-state index contributed by atoms with van der Waals surface area (Å²) >= 11 is 5.92. The van der Waals surface area contributed by atoms with E-state index in [1.165, 1.54) is 0 Å². The van der Waals surface area contributed by atoms with Crippen molar-refractivity contribution in [3.05, 3.63) is 82.9 Å². The maximum absolute atomic E-state index is 12.6. The molecule has 1 aliphatic rings. The van der Waals surface area contributed by atoms with Crippen molar-refractivity contribution in [2.45, 2.75) is 12.5 Å². The molecule has 122 valence electrons. The molecule has 0 aromatic heterocycles. The van der Waals surface area contributed by atoms with Gasteiger partial charge in [-0.25, -0.2) is 0 Å². The second kappa shape index (κ2) is 6.27. The SMILES string of the molecule is C=C1C(=O)N(c2ccccc2)C/C(=C\c2ccc(Cl)cc2)C1(C)O. The molecule has 0 spiro atoms. The lowest BCUT2D eigenvalue weighted by Crippen LogP contribution is -2.50. The molecule has 1 heterocycles. The largest absolute Gasteiger partial charge is 0.381 e. The number of amides is 1. The Morgan fingerprint density at radius 2 is 1.79 bits per heavy atom. The Bertz CT molecular complexity index is 807. The summed E-state index contributed by atoms with van der Waals surface area (Å²) in [5.41, 5.74) is 1.18. The zero-order valence-corrected chi connectivity index (χ0v) is 14.1. The van der Waals surface area contributed by atoms with Gasteiger partial charge >= 0.3 is 0 Å². The van der Waals surface area contributed by atoms with Gasteiger partial charge in [-0.2, -0.15) is 0 Å². The molecular weight excluding hydrogens is 322 g/mol. The molecule has 1 aliphatic heterocycles. The van der Waals surface area contributed by atoms with E-state index in [2.05, 4.69) is 6.58 Å². The predicted octanol–water partition coefficient (Wildman–Crippen LogP) is 4.08. The maximum atomic E-state index is 12.6. The summed E-state index contributed by atoms with van der Waals surface area (Å²) in [5.74, 6) is -0.264. The molecule has 3 nitrogen and oxygen atoms in total. The van der Waals surface area contributed by atoms with Crippen molar-refractivity contribution < 1.29 is 9.90 Å². The van der Waals surface area contributed by atoms with Gasteiger partial charge in [0, 0.05) is 16.3 Å². The summed E-state index contributed by atoms with van der Waals surface area (Å²) in [5, 5.41) is 11.5. The minimum Gasteiger partial charge on any atom is -0.381 e. The molecule has 0 bridgehead atoms. The zero-order chi connectivity index (χ0) is 17.3. The molecule has 2 aromatic rings. The van der Waals surface area contributed by atoms with Crippen molar-refractivity contribution in [1.29, 1.82) is 0 Å². The molecule has 1 unspecified atom stereocenters. The summed E-state index contributed by atoms with van der Waals surface area (Å²) in [6.45, 7) is 5.74. The van der Waals surface area contributed by atoms with E-state index in [0.29, 0.717) is 17.1 Å². The minimum atomic E-state index is -1.37. The molecular formula is C20H18ClNO2. The Balaban J connectivity index is 2.02. The average molecular weight is 340 g/mol. The molecule has 1 fully saturated rings. The molecule has 1 atom stereocenters. The number of rotatable bonds is 2. The summed E-state index contributed by atoms with van der Waals surface area (Å²) in [6, 6.07) is 16.7. The highest BCUT2D eigenvalue weighted by Crippen LogP contribution is 2.35. The number of aliphatic hydroxyl groups is 1. The van der Waals surface area contributed by atoms with Crippen molar-refractivity contribution in [2.24, 2.45) is 0 Å². The summed E-state index contributed by atoms with van der Waals surface area (Å²) in [6.07, 6.45) is 1.88. The molecule has 1 saturated heterocycles. The molecule has 1 amide bonds. The first-order valence-corrected chi connectivity index (χ1v) is 8.02. The maximum Gasteiger partial charge on any atom is 0.257 e. The topological polar surface area (TPSA) is 40.5 Å². The van der Waals surface area contributed by atoms with Crippen LogP contribution in [0.5, 0.6) is 0 Å². The van der Waals surface area contributed by atoms with Crippen molar-refractivity contribution in [3.63, 3.8) is 0 Å². The first-order valence-electron chi connectivity index (χ1n) is 7.65. The number of hydrogen-bond acceptors (Lipinski definition) is 2. The quantitative estimate of drug-likeness (QED) is 0.838. The number of benzene rings is 2. The number of halogens is 1. The molecule has 24 heavy (non-hydrogen) atoms. The van der Waals surface area contributed by atoms with Crippen LogP contribution in [0.25, 0.3) is 6.08 Å². The molecule has 1 N–H and O–H groups in total. The van der Waals surface area contributed by atoms with Crippen LogP contribution in [-0.2, 0) is 4.79 Å². The third-order valence-electron chi connectivity index (χ3n) is 4.32. The van der Waals surface area contributed by atoms with Crippen LogP contribution in [0.15, 0.2) is 72.3 Å². The summed E-state index contributed by atoms with van der Waals surface area (Å²) in [4.78, 5) is 14.2. The fourth-order valence-corrected chi connectivity index (χ4v) is 2.85. The van der Waals surface area contributed by atoms with E-state index < -0.39 is 5.60 Å². The Hall–Kier alpha value is -2.36. The van der Waals surface area contributed by atoms with Crippen LogP contribution in [0.2, 0.25) is 5.02 Å². The minimum absolute atomic E-state index is 0.165. The van der Waals surface area contributed by atoms with E-state index in [1.807, 2.05) is 48.5 Å². The van der Waals surface area contributed by atoms with Crippen molar-refractivity contribution in [3.8, 4) is 0 Å². The Morgan fingerprint density at radius 3 is 2.42 bits per heavy atom. The molecule has 2 aromatic carbocycles. The number of nitrogens with zero attached hydrogens (tertiary/aromatic N) is 1. The van der Waals surface area contributed by atoms with Crippen LogP contribution >= 0.6 is 11.6 Å². The van der Waals surface area contributed by atoms with Gasteiger partial charge in [-0.3, -0.25) is 4.79 Å². The van der Waals surface area contributed by atoms with Crippen LogP contribution in [-0.4, -0.2) is 23.2 Å². The third kappa shape index (κ3) is 3.01. The molecule has 0 radical (unpaired) electrons. The van der Waals surface area contributed by atoms with E-state index in [0.717, 1.165) is 11.3 Å². The number of carbonyl (C=O) groups excluding carboxylic acids is 1. The molecule has 4 heteroatoms. The van der Waals surface area contributed by atoms with Gasteiger partial charge in [0.15, 0.2) is 0 Å². The van der Waals surface area contributed by atoms with Gasteiger partial charge in [0.05, 0.1) is 6.54 Å². The van der Waals surface area contributed by atoms with Crippen molar-refractivity contribution in [2.75, 3.05) is 11.4 Å². The van der Waals surface area contributed by atoms with Crippen LogP contribution in [0.3, 0.4) is 0 Å². The lowest BCUT2D eigenvalue weighted by molar-refractivity contribution is -0.117. The van der Waals surface area contributed by atoms with Gasteiger partial charge < -0.3 is 10.0 Å². The van der Waals surface area contributed by atoms with Crippen LogP contribution in [0, 0.1) is 0 Å². The summed E-state index contributed by atoms with van der Waals surface area (Å²) < 4.78 is 0. The normalized spacial score (nSPS) is 23.0. The fourth-order valence-electron chi connectivity index (χ4n) is 2.72. The first kappa shape index (κ1) is 16.5. The Morgan fingerprint density at radius 1 is 1.17 bits per heavy atom. The van der Waals surface area contributed by atoms with Gasteiger partial charge in [-0.05, 0) is 42.3 Å². The predicted molar refractivity (Wildman–Crippen MR) is 98.0 cm³/mol. The molecule has 0 aliphatic carbocycles. The molecule has 0 saturated carbocycles. The zero-order valence-electron chi connectivity index (χ0n) is 13.4. The number of anilines is 1. The number of piperidine rings is 1. The van der Waals surface area contributed by atoms with Crippen LogP contribution in [0.1, 0.15) is 12.5 Å². The highest BCUT2D eigenvalue weighted by atomic mass is 35.5. The number of para-hydroxylation sites is 1.